The van der Waals surface area contributed by atoms with E-state index in [2.05, 4.69) is 0 Å². The first kappa shape index (κ1) is 11.5. The van der Waals surface area contributed by atoms with Crippen molar-refractivity contribution < 1.29 is 14.3 Å². The highest BCUT2D eigenvalue weighted by Crippen LogP contribution is 2.31. The number of esters is 1. The van der Waals surface area contributed by atoms with Gasteiger partial charge in [-0.05, 0) is 20.8 Å². The Morgan fingerprint density at radius 2 is 2.07 bits per heavy atom. The van der Waals surface area contributed by atoms with Gasteiger partial charge in [0, 0.05) is 12.0 Å². The lowest BCUT2D eigenvalue weighted by atomic mass is 9.82. The molecule has 1 heterocycles. The van der Waals surface area contributed by atoms with Crippen molar-refractivity contribution in [1.82, 2.24) is 0 Å². The summed E-state index contributed by atoms with van der Waals surface area (Å²) in [5, 5.41) is 0. The average Bonchev–Trinajstić information content (AvgIpc) is 1.93. The summed E-state index contributed by atoms with van der Waals surface area (Å²) in [4.78, 5) is 11.5. The summed E-state index contributed by atoms with van der Waals surface area (Å²) in [6, 6.07) is 0. The van der Waals surface area contributed by atoms with Crippen LogP contribution >= 0.6 is 0 Å². The summed E-state index contributed by atoms with van der Waals surface area (Å²) >= 11 is 0. The van der Waals surface area contributed by atoms with Crippen LogP contribution in [0.1, 0.15) is 27.2 Å². The maximum absolute atomic E-state index is 11.5. The zero-order valence-corrected chi connectivity index (χ0v) is 9.13. The van der Waals surface area contributed by atoms with E-state index < -0.39 is 5.60 Å². The molecule has 1 saturated heterocycles. The maximum Gasteiger partial charge on any atom is 0.307 e. The van der Waals surface area contributed by atoms with Crippen LogP contribution in [0.5, 0.6) is 0 Å². The first-order chi connectivity index (χ1) is 6.37. The highest BCUT2D eigenvalue weighted by Gasteiger charge is 2.40. The fourth-order valence-corrected chi connectivity index (χ4v) is 1.37. The zero-order valence-electron chi connectivity index (χ0n) is 9.13. The second kappa shape index (κ2) is 3.87. The minimum Gasteiger partial charge on any atom is -0.460 e. The first-order valence-electron chi connectivity index (χ1n) is 4.87. The van der Waals surface area contributed by atoms with Gasteiger partial charge >= 0.3 is 5.97 Å². The van der Waals surface area contributed by atoms with Crippen LogP contribution in [0.3, 0.4) is 0 Å². The molecule has 14 heavy (non-hydrogen) atoms. The minimum absolute atomic E-state index is 0.164. The fraction of sp³-hybridized carbons (Fsp3) is 0.900. The van der Waals surface area contributed by atoms with Crippen LogP contribution in [0.2, 0.25) is 0 Å². The fourth-order valence-electron chi connectivity index (χ4n) is 1.37. The summed E-state index contributed by atoms with van der Waals surface area (Å²) < 4.78 is 10.3. The normalized spacial score (nSPS) is 20.0. The standard InChI is InChI=1S/C10H19NO3/c1-9(2,3)14-8(12)4-10(5-11)6-13-7-10/h4-7,11H2,1-3H3. The summed E-state index contributed by atoms with van der Waals surface area (Å²) in [5.74, 6) is -0.189. The number of carbonyl (C=O) groups excluding carboxylic acids is 1. The minimum atomic E-state index is -0.419. The zero-order chi connectivity index (χ0) is 10.8. The summed E-state index contributed by atoms with van der Waals surface area (Å²) in [7, 11) is 0. The summed E-state index contributed by atoms with van der Waals surface area (Å²) in [6.07, 6.45) is 0.362. The average molecular weight is 201 g/mol. The molecule has 1 fully saturated rings. The quantitative estimate of drug-likeness (QED) is 0.682. The molecule has 0 aromatic carbocycles. The summed E-state index contributed by atoms with van der Waals surface area (Å²) in [6.45, 7) is 7.20. The Morgan fingerprint density at radius 1 is 1.50 bits per heavy atom. The number of nitrogens with two attached hydrogens (primary N) is 1. The van der Waals surface area contributed by atoms with Crippen molar-refractivity contribution in [2.75, 3.05) is 19.8 Å². The molecule has 0 atom stereocenters. The van der Waals surface area contributed by atoms with E-state index in [1.807, 2.05) is 20.8 Å². The molecule has 2 N–H and O–H groups in total. The van der Waals surface area contributed by atoms with E-state index in [0.29, 0.717) is 26.2 Å². The third-order valence-corrected chi connectivity index (χ3v) is 2.19. The molecule has 0 aromatic rings. The van der Waals surface area contributed by atoms with Crippen molar-refractivity contribution in [2.24, 2.45) is 11.1 Å². The van der Waals surface area contributed by atoms with Crippen LogP contribution in [-0.2, 0) is 14.3 Å². The Hall–Kier alpha value is -0.610. The third kappa shape index (κ3) is 2.96. The lowest BCUT2D eigenvalue weighted by molar-refractivity contribution is -0.169. The predicted octanol–water partition coefficient (Wildman–Crippen LogP) is 0.694. The molecule has 0 radical (unpaired) electrons. The molecule has 0 aromatic heterocycles. The van der Waals surface area contributed by atoms with Crippen LogP contribution < -0.4 is 5.73 Å². The number of hydrogen-bond acceptors (Lipinski definition) is 4. The van der Waals surface area contributed by atoms with Crippen LogP contribution in [0.25, 0.3) is 0 Å². The Labute approximate surface area is 84.7 Å². The topological polar surface area (TPSA) is 61.5 Å². The molecule has 0 amide bonds. The van der Waals surface area contributed by atoms with Gasteiger partial charge in [0.2, 0.25) is 0 Å². The van der Waals surface area contributed by atoms with Crippen LogP contribution in [-0.4, -0.2) is 31.3 Å². The van der Waals surface area contributed by atoms with E-state index >= 15 is 0 Å². The molecule has 82 valence electrons. The van der Waals surface area contributed by atoms with Crippen molar-refractivity contribution >= 4 is 5.97 Å². The van der Waals surface area contributed by atoms with Crippen LogP contribution in [0.4, 0.5) is 0 Å². The lowest BCUT2D eigenvalue weighted by Crippen LogP contribution is -2.50. The van der Waals surface area contributed by atoms with Crippen molar-refractivity contribution in [3.8, 4) is 0 Å². The van der Waals surface area contributed by atoms with E-state index in [1.165, 1.54) is 0 Å². The molecular formula is C10H19NO3. The number of carbonyl (C=O) groups is 1. The molecule has 0 spiro atoms. The van der Waals surface area contributed by atoms with Crippen molar-refractivity contribution in [1.29, 1.82) is 0 Å². The second-order valence-corrected chi connectivity index (χ2v) is 4.96. The highest BCUT2D eigenvalue weighted by atomic mass is 16.6. The smallest absolute Gasteiger partial charge is 0.307 e. The molecule has 0 unspecified atom stereocenters. The first-order valence-corrected chi connectivity index (χ1v) is 4.87. The van der Waals surface area contributed by atoms with E-state index in [4.69, 9.17) is 15.2 Å². The molecular weight excluding hydrogens is 182 g/mol. The van der Waals surface area contributed by atoms with Crippen molar-refractivity contribution in [2.45, 2.75) is 32.8 Å². The van der Waals surface area contributed by atoms with Gasteiger partial charge in [0.05, 0.1) is 19.6 Å². The molecule has 4 heteroatoms. The van der Waals surface area contributed by atoms with Gasteiger partial charge in [-0.25, -0.2) is 0 Å². The van der Waals surface area contributed by atoms with Gasteiger partial charge in [0.15, 0.2) is 0 Å². The molecule has 1 aliphatic rings. The second-order valence-electron chi connectivity index (χ2n) is 4.96. The molecule has 0 aliphatic carbocycles. The van der Waals surface area contributed by atoms with E-state index in [9.17, 15) is 4.79 Å². The Morgan fingerprint density at radius 3 is 2.36 bits per heavy atom. The highest BCUT2D eigenvalue weighted by molar-refractivity contribution is 5.71. The third-order valence-electron chi connectivity index (χ3n) is 2.19. The molecule has 0 bridgehead atoms. The number of ether oxygens (including phenoxy) is 2. The van der Waals surface area contributed by atoms with Gasteiger partial charge in [0.25, 0.3) is 0 Å². The van der Waals surface area contributed by atoms with Crippen molar-refractivity contribution in [3.05, 3.63) is 0 Å². The van der Waals surface area contributed by atoms with Crippen molar-refractivity contribution in [3.63, 3.8) is 0 Å². The van der Waals surface area contributed by atoms with Gasteiger partial charge in [-0.3, -0.25) is 4.79 Å². The molecule has 0 saturated carbocycles. The predicted molar refractivity (Wildman–Crippen MR) is 52.8 cm³/mol. The Kier molecular flexibility index (Phi) is 3.17. The molecule has 4 nitrogen and oxygen atoms in total. The van der Waals surface area contributed by atoms with E-state index in [0.717, 1.165) is 0 Å². The van der Waals surface area contributed by atoms with E-state index in [1.54, 1.807) is 0 Å². The van der Waals surface area contributed by atoms with E-state index in [-0.39, 0.29) is 11.4 Å². The monoisotopic (exact) mass is 201 g/mol. The largest absolute Gasteiger partial charge is 0.460 e. The SMILES string of the molecule is CC(C)(C)OC(=O)CC1(CN)COC1. The summed E-state index contributed by atoms with van der Waals surface area (Å²) in [5.41, 5.74) is 5.01. The van der Waals surface area contributed by atoms with Crippen LogP contribution in [0, 0.1) is 5.41 Å². The number of rotatable bonds is 3. The van der Waals surface area contributed by atoms with Gasteiger partial charge in [-0.1, -0.05) is 0 Å². The van der Waals surface area contributed by atoms with Gasteiger partial charge in [-0.15, -0.1) is 0 Å². The van der Waals surface area contributed by atoms with Gasteiger partial charge in [0.1, 0.15) is 5.60 Å². The lowest BCUT2D eigenvalue weighted by Gasteiger charge is -2.40. The number of hydrogen-bond donors (Lipinski definition) is 1. The maximum atomic E-state index is 11.5. The Bertz CT molecular complexity index is 210. The molecule has 1 aliphatic heterocycles. The van der Waals surface area contributed by atoms with Gasteiger partial charge in [-0.2, -0.15) is 0 Å². The Balaban J connectivity index is 2.40. The van der Waals surface area contributed by atoms with Gasteiger partial charge < -0.3 is 15.2 Å². The molecule has 1 rings (SSSR count). The van der Waals surface area contributed by atoms with Crippen LogP contribution in [0.15, 0.2) is 0 Å².